The van der Waals surface area contributed by atoms with Gasteiger partial charge in [0.1, 0.15) is 12.2 Å². The SMILES string of the molecule is O=C(c1nn2c(C(F)(F)F)cc(C3CC3)cc2c1Cl)N1CCN([C@H]2CC=CC2O)C(=O)C1. The number of rotatable bonds is 3. The molecule has 0 aromatic carbocycles. The minimum absolute atomic E-state index is 0.0249. The molecule has 32 heavy (non-hydrogen) atoms. The Hall–Kier alpha value is -2.59. The minimum Gasteiger partial charge on any atom is -0.387 e. The predicted octanol–water partition coefficient (Wildman–Crippen LogP) is 2.86. The van der Waals surface area contributed by atoms with Crippen LogP contribution in [-0.2, 0) is 11.0 Å². The molecule has 2 aromatic heterocycles. The lowest BCUT2D eigenvalue weighted by Gasteiger charge is -2.38. The molecule has 0 spiro atoms. The van der Waals surface area contributed by atoms with E-state index >= 15 is 0 Å². The molecule has 7 nitrogen and oxygen atoms in total. The van der Waals surface area contributed by atoms with Crippen molar-refractivity contribution in [1.82, 2.24) is 19.4 Å². The molecule has 1 saturated heterocycles. The van der Waals surface area contributed by atoms with E-state index in [9.17, 15) is 27.9 Å². The molecule has 1 saturated carbocycles. The van der Waals surface area contributed by atoms with Gasteiger partial charge in [-0.1, -0.05) is 23.8 Å². The van der Waals surface area contributed by atoms with Crippen molar-refractivity contribution in [3.63, 3.8) is 0 Å². The number of aliphatic hydroxyl groups is 1. The second-order valence-electron chi connectivity index (χ2n) is 8.44. The number of hydrogen-bond acceptors (Lipinski definition) is 4. The molecule has 2 fully saturated rings. The summed E-state index contributed by atoms with van der Waals surface area (Å²) in [6.07, 6.45) is 0.144. The maximum Gasteiger partial charge on any atom is 0.433 e. The number of carbonyl (C=O) groups is 2. The number of alkyl halides is 3. The molecule has 2 aliphatic carbocycles. The third kappa shape index (κ3) is 3.55. The Bertz CT molecular complexity index is 1140. The van der Waals surface area contributed by atoms with Gasteiger partial charge in [0.15, 0.2) is 5.69 Å². The number of nitrogens with zero attached hydrogens (tertiary/aromatic N) is 4. The highest BCUT2D eigenvalue weighted by atomic mass is 35.5. The molecule has 1 aliphatic heterocycles. The van der Waals surface area contributed by atoms with E-state index in [0.29, 0.717) is 16.5 Å². The molecule has 0 radical (unpaired) electrons. The van der Waals surface area contributed by atoms with E-state index in [-0.39, 0.29) is 53.7 Å². The summed E-state index contributed by atoms with van der Waals surface area (Å²) in [7, 11) is 0. The molecule has 3 heterocycles. The first kappa shape index (κ1) is 21.3. The Morgan fingerprint density at radius 1 is 1.22 bits per heavy atom. The third-order valence-electron chi connectivity index (χ3n) is 6.29. The van der Waals surface area contributed by atoms with Gasteiger partial charge in [0.2, 0.25) is 5.91 Å². The quantitative estimate of drug-likeness (QED) is 0.703. The van der Waals surface area contributed by atoms with E-state index in [1.54, 1.807) is 18.2 Å². The number of pyridine rings is 1. The van der Waals surface area contributed by atoms with E-state index in [1.165, 1.54) is 9.80 Å². The predicted molar refractivity (Wildman–Crippen MR) is 108 cm³/mol. The van der Waals surface area contributed by atoms with E-state index in [2.05, 4.69) is 5.10 Å². The molecule has 2 atom stereocenters. The van der Waals surface area contributed by atoms with Crippen LogP contribution in [-0.4, -0.2) is 68.1 Å². The number of piperazine rings is 1. The Balaban J connectivity index is 1.44. The summed E-state index contributed by atoms with van der Waals surface area (Å²) in [6.45, 7) is 0.113. The summed E-state index contributed by atoms with van der Waals surface area (Å²) in [5.41, 5.74) is -0.745. The van der Waals surface area contributed by atoms with Crippen LogP contribution in [0.25, 0.3) is 5.52 Å². The molecule has 11 heteroatoms. The average Bonchev–Trinajstić information content (AvgIpc) is 3.43. The second kappa shape index (κ2) is 7.48. The van der Waals surface area contributed by atoms with Gasteiger partial charge in [0.25, 0.3) is 5.91 Å². The highest BCUT2D eigenvalue weighted by Crippen LogP contribution is 2.43. The van der Waals surface area contributed by atoms with Crippen molar-refractivity contribution in [3.8, 4) is 0 Å². The Kier molecular flexibility index (Phi) is 4.97. The fourth-order valence-electron chi connectivity index (χ4n) is 4.43. The van der Waals surface area contributed by atoms with E-state index in [0.717, 1.165) is 18.9 Å². The van der Waals surface area contributed by atoms with Gasteiger partial charge in [-0.15, -0.1) is 0 Å². The van der Waals surface area contributed by atoms with Crippen molar-refractivity contribution in [2.24, 2.45) is 0 Å². The van der Waals surface area contributed by atoms with Gasteiger partial charge in [-0.2, -0.15) is 18.3 Å². The van der Waals surface area contributed by atoms with Crippen molar-refractivity contribution in [2.45, 2.75) is 43.5 Å². The van der Waals surface area contributed by atoms with Gasteiger partial charge in [-0.25, -0.2) is 4.52 Å². The van der Waals surface area contributed by atoms with Crippen LogP contribution < -0.4 is 0 Å². The first-order valence-corrected chi connectivity index (χ1v) is 10.8. The van der Waals surface area contributed by atoms with Crippen LogP contribution in [0.15, 0.2) is 24.3 Å². The molecule has 2 aromatic rings. The standard InChI is InChI=1S/C21H20ClF3N4O3/c22-18-14-8-12(11-4-5-11)9-16(21(23,24)25)29(14)26-19(18)20(32)27-6-7-28(17(31)10-27)13-2-1-3-15(13)30/h1,3,8-9,11,13,15,30H,2,4-7,10H2/t13-,15?/m0/s1. The summed E-state index contributed by atoms with van der Waals surface area (Å²) in [6, 6.07) is 2.25. The lowest BCUT2D eigenvalue weighted by atomic mass is 10.1. The Morgan fingerprint density at radius 3 is 2.56 bits per heavy atom. The summed E-state index contributed by atoms with van der Waals surface area (Å²) in [4.78, 5) is 28.5. The molecule has 170 valence electrons. The lowest BCUT2D eigenvalue weighted by molar-refractivity contribution is -0.142. The number of aliphatic hydroxyl groups excluding tert-OH is 1. The maximum atomic E-state index is 13.7. The second-order valence-corrected chi connectivity index (χ2v) is 8.82. The zero-order valence-electron chi connectivity index (χ0n) is 16.8. The molecule has 1 N–H and O–H groups in total. The normalized spacial score (nSPS) is 24.1. The lowest BCUT2D eigenvalue weighted by Crippen LogP contribution is -2.57. The third-order valence-corrected chi connectivity index (χ3v) is 6.66. The van der Waals surface area contributed by atoms with E-state index in [4.69, 9.17) is 11.6 Å². The number of carbonyl (C=O) groups excluding carboxylic acids is 2. The van der Waals surface area contributed by atoms with Crippen LogP contribution in [0.4, 0.5) is 13.2 Å². The van der Waals surface area contributed by atoms with Crippen molar-refractivity contribution in [2.75, 3.05) is 19.6 Å². The summed E-state index contributed by atoms with van der Waals surface area (Å²) >= 11 is 6.34. The number of fused-ring (bicyclic) bond motifs is 1. The van der Waals surface area contributed by atoms with Crippen LogP contribution in [0.3, 0.4) is 0 Å². The summed E-state index contributed by atoms with van der Waals surface area (Å²) in [5, 5.41) is 13.8. The van der Waals surface area contributed by atoms with Gasteiger partial charge >= 0.3 is 6.18 Å². The van der Waals surface area contributed by atoms with Crippen molar-refractivity contribution < 1.29 is 27.9 Å². The van der Waals surface area contributed by atoms with Crippen LogP contribution in [0, 0.1) is 0 Å². The largest absolute Gasteiger partial charge is 0.433 e. The number of hydrogen-bond donors (Lipinski definition) is 1. The van der Waals surface area contributed by atoms with Crippen LogP contribution >= 0.6 is 11.6 Å². The van der Waals surface area contributed by atoms with Crippen LogP contribution in [0.2, 0.25) is 5.02 Å². The number of halogens is 4. The fourth-order valence-corrected chi connectivity index (χ4v) is 4.68. The first-order chi connectivity index (χ1) is 15.1. The summed E-state index contributed by atoms with van der Waals surface area (Å²) < 4.78 is 41.7. The molecule has 3 aliphatic rings. The smallest absolute Gasteiger partial charge is 0.387 e. The monoisotopic (exact) mass is 468 g/mol. The molecular formula is C21H20ClF3N4O3. The Labute approximate surface area is 186 Å². The van der Waals surface area contributed by atoms with E-state index in [1.807, 2.05) is 0 Å². The van der Waals surface area contributed by atoms with Gasteiger partial charge in [-0.3, -0.25) is 9.59 Å². The fraction of sp³-hybridized carbons (Fsp3) is 0.476. The zero-order chi connectivity index (χ0) is 22.8. The van der Waals surface area contributed by atoms with Crippen molar-refractivity contribution in [1.29, 1.82) is 0 Å². The van der Waals surface area contributed by atoms with Gasteiger partial charge in [-0.05, 0) is 42.9 Å². The van der Waals surface area contributed by atoms with Crippen molar-refractivity contribution >= 4 is 28.9 Å². The van der Waals surface area contributed by atoms with Gasteiger partial charge in [0.05, 0.1) is 22.7 Å². The van der Waals surface area contributed by atoms with Crippen LogP contribution in [0.5, 0.6) is 0 Å². The molecule has 2 amide bonds. The first-order valence-electron chi connectivity index (χ1n) is 10.4. The van der Waals surface area contributed by atoms with Crippen LogP contribution in [0.1, 0.15) is 46.9 Å². The maximum absolute atomic E-state index is 13.7. The number of aromatic nitrogens is 2. The molecular weight excluding hydrogens is 449 g/mol. The molecule has 1 unspecified atom stereocenters. The highest BCUT2D eigenvalue weighted by molar-refractivity contribution is 6.36. The Morgan fingerprint density at radius 2 is 1.97 bits per heavy atom. The average molecular weight is 469 g/mol. The van der Waals surface area contributed by atoms with Gasteiger partial charge < -0.3 is 14.9 Å². The molecule has 0 bridgehead atoms. The highest BCUT2D eigenvalue weighted by Gasteiger charge is 2.39. The van der Waals surface area contributed by atoms with Crippen molar-refractivity contribution in [3.05, 3.63) is 46.3 Å². The van der Waals surface area contributed by atoms with E-state index < -0.39 is 23.9 Å². The molecule has 5 rings (SSSR count). The van der Waals surface area contributed by atoms with Gasteiger partial charge in [0, 0.05) is 13.1 Å². The zero-order valence-corrected chi connectivity index (χ0v) is 17.6. The topological polar surface area (TPSA) is 78.2 Å². The minimum atomic E-state index is -4.67. The number of amides is 2. The summed E-state index contributed by atoms with van der Waals surface area (Å²) in [5.74, 6) is -0.987.